The van der Waals surface area contributed by atoms with Crippen molar-refractivity contribution >= 4 is 5.91 Å². The topological polar surface area (TPSA) is 64.4 Å². The zero-order chi connectivity index (χ0) is 12.8. The molecule has 2 atom stereocenters. The molecule has 1 unspecified atom stereocenters. The number of methoxy groups -OCH3 is 1. The van der Waals surface area contributed by atoms with Gasteiger partial charge < -0.3 is 15.8 Å². The maximum Gasteiger partial charge on any atom is 0.237 e. The van der Waals surface area contributed by atoms with Gasteiger partial charge in [0.05, 0.1) is 19.2 Å². The second-order valence-electron chi connectivity index (χ2n) is 4.00. The molecule has 0 radical (unpaired) electrons. The molecule has 1 aromatic carbocycles. The second-order valence-corrected chi connectivity index (χ2v) is 4.00. The lowest BCUT2D eigenvalue weighted by Gasteiger charge is -2.20. The minimum atomic E-state index is -0.501. The fourth-order valence-corrected chi connectivity index (χ4v) is 1.66. The van der Waals surface area contributed by atoms with Crippen molar-refractivity contribution in [2.24, 2.45) is 5.73 Å². The van der Waals surface area contributed by atoms with E-state index in [2.05, 4.69) is 5.32 Å². The minimum absolute atomic E-state index is 0.0651. The summed E-state index contributed by atoms with van der Waals surface area (Å²) in [6.07, 6.45) is 0.791. The Morgan fingerprint density at radius 1 is 1.47 bits per heavy atom. The summed E-state index contributed by atoms with van der Waals surface area (Å²) in [6.45, 7) is 3.68. The lowest BCUT2D eigenvalue weighted by molar-refractivity contribution is -0.122. The molecule has 0 aliphatic heterocycles. The van der Waals surface area contributed by atoms with Gasteiger partial charge in [-0.15, -0.1) is 0 Å². The molecular formula is C13H20N2O2. The number of benzene rings is 1. The third kappa shape index (κ3) is 3.46. The lowest BCUT2D eigenvalue weighted by atomic mass is 10.0. The second kappa shape index (κ2) is 6.25. The normalized spacial score (nSPS) is 13.9. The van der Waals surface area contributed by atoms with Crippen LogP contribution in [0, 0.1) is 0 Å². The molecular weight excluding hydrogens is 216 g/mol. The minimum Gasteiger partial charge on any atom is -0.496 e. The van der Waals surface area contributed by atoms with Gasteiger partial charge in [-0.05, 0) is 19.4 Å². The molecule has 1 amide bonds. The SMILES string of the molecule is CCC(NC(=O)[C@H](C)N)c1ccccc1OC. The Hall–Kier alpha value is -1.55. The van der Waals surface area contributed by atoms with Crippen molar-refractivity contribution in [1.82, 2.24) is 5.32 Å². The van der Waals surface area contributed by atoms with Gasteiger partial charge in [-0.3, -0.25) is 4.79 Å². The first-order valence-electron chi connectivity index (χ1n) is 5.79. The van der Waals surface area contributed by atoms with Crippen LogP contribution in [0.2, 0.25) is 0 Å². The lowest BCUT2D eigenvalue weighted by Crippen LogP contribution is -2.40. The number of carbonyl (C=O) groups excluding carboxylic acids is 1. The number of ether oxygens (including phenoxy) is 1. The largest absolute Gasteiger partial charge is 0.496 e. The standard InChI is InChI=1S/C13H20N2O2/c1-4-11(15-13(16)9(2)14)10-7-5-6-8-12(10)17-3/h5-9,11H,4,14H2,1-3H3,(H,15,16)/t9-,11?/m0/s1. The van der Waals surface area contributed by atoms with Gasteiger partial charge in [0.25, 0.3) is 0 Å². The number of para-hydroxylation sites is 1. The summed E-state index contributed by atoms with van der Waals surface area (Å²) >= 11 is 0. The highest BCUT2D eigenvalue weighted by Crippen LogP contribution is 2.26. The van der Waals surface area contributed by atoms with Crippen molar-refractivity contribution in [3.63, 3.8) is 0 Å². The summed E-state index contributed by atoms with van der Waals surface area (Å²) in [6, 6.07) is 7.11. The van der Waals surface area contributed by atoms with E-state index in [1.54, 1.807) is 14.0 Å². The van der Waals surface area contributed by atoms with Crippen molar-refractivity contribution in [2.45, 2.75) is 32.4 Å². The molecule has 0 saturated heterocycles. The zero-order valence-electron chi connectivity index (χ0n) is 10.6. The number of rotatable bonds is 5. The third-order valence-electron chi connectivity index (χ3n) is 2.65. The number of carbonyl (C=O) groups is 1. The predicted octanol–water partition coefficient (Wildman–Crippen LogP) is 1.61. The van der Waals surface area contributed by atoms with E-state index >= 15 is 0 Å². The maximum atomic E-state index is 11.6. The van der Waals surface area contributed by atoms with Crippen LogP contribution in [-0.4, -0.2) is 19.1 Å². The van der Waals surface area contributed by atoms with Crippen LogP contribution in [0.25, 0.3) is 0 Å². The molecule has 0 fully saturated rings. The Morgan fingerprint density at radius 3 is 2.65 bits per heavy atom. The summed E-state index contributed by atoms with van der Waals surface area (Å²) in [7, 11) is 1.62. The highest BCUT2D eigenvalue weighted by atomic mass is 16.5. The quantitative estimate of drug-likeness (QED) is 0.816. The van der Waals surface area contributed by atoms with Gasteiger partial charge in [-0.2, -0.15) is 0 Å². The summed E-state index contributed by atoms with van der Waals surface area (Å²) in [5.41, 5.74) is 6.52. The molecule has 4 heteroatoms. The fourth-order valence-electron chi connectivity index (χ4n) is 1.66. The first-order valence-corrected chi connectivity index (χ1v) is 5.79. The molecule has 3 N–H and O–H groups in total. The van der Waals surface area contributed by atoms with Crippen molar-refractivity contribution in [2.75, 3.05) is 7.11 Å². The molecule has 0 bridgehead atoms. The van der Waals surface area contributed by atoms with Crippen LogP contribution < -0.4 is 15.8 Å². The summed E-state index contributed by atoms with van der Waals surface area (Å²) in [5.74, 6) is 0.632. The molecule has 1 rings (SSSR count). The van der Waals surface area contributed by atoms with E-state index in [9.17, 15) is 4.79 Å². The highest BCUT2D eigenvalue weighted by Gasteiger charge is 2.17. The Kier molecular flexibility index (Phi) is 4.97. The van der Waals surface area contributed by atoms with E-state index in [1.165, 1.54) is 0 Å². The van der Waals surface area contributed by atoms with E-state index in [4.69, 9.17) is 10.5 Å². The van der Waals surface area contributed by atoms with Crippen LogP contribution in [0.15, 0.2) is 24.3 Å². The van der Waals surface area contributed by atoms with E-state index in [1.807, 2.05) is 31.2 Å². The average molecular weight is 236 g/mol. The van der Waals surface area contributed by atoms with E-state index < -0.39 is 6.04 Å². The van der Waals surface area contributed by atoms with Crippen LogP contribution in [0.4, 0.5) is 0 Å². The molecule has 0 heterocycles. The monoisotopic (exact) mass is 236 g/mol. The molecule has 1 aromatic rings. The predicted molar refractivity (Wildman–Crippen MR) is 67.8 cm³/mol. The van der Waals surface area contributed by atoms with Crippen LogP contribution in [0.1, 0.15) is 31.9 Å². The van der Waals surface area contributed by atoms with Crippen LogP contribution in [0.5, 0.6) is 5.75 Å². The van der Waals surface area contributed by atoms with Gasteiger partial charge in [-0.1, -0.05) is 25.1 Å². The van der Waals surface area contributed by atoms with Gasteiger partial charge in [-0.25, -0.2) is 0 Å². The Labute approximate surface area is 102 Å². The van der Waals surface area contributed by atoms with Gasteiger partial charge in [0, 0.05) is 5.56 Å². The molecule has 17 heavy (non-hydrogen) atoms. The van der Waals surface area contributed by atoms with Crippen LogP contribution >= 0.6 is 0 Å². The van der Waals surface area contributed by atoms with Crippen molar-refractivity contribution in [1.29, 1.82) is 0 Å². The molecule has 0 spiro atoms. The number of amides is 1. The first kappa shape index (κ1) is 13.5. The van der Waals surface area contributed by atoms with E-state index in [-0.39, 0.29) is 11.9 Å². The van der Waals surface area contributed by atoms with Gasteiger partial charge in [0.2, 0.25) is 5.91 Å². The summed E-state index contributed by atoms with van der Waals surface area (Å²) in [5, 5.41) is 2.91. The highest BCUT2D eigenvalue weighted by molar-refractivity contribution is 5.81. The molecule has 0 saturated carbocycles. The maximum absolute atomic E-state index is 11.6. The smallest absolute Gasteiger partial charge is 0.237 e. The van der Waals surface area contributed by atoms with Gasteiger partial charge >= 0.3 is 0 Å². The number of nitrogens with two attached hydrogens (primary N) is 1. The van der Waals surface area contributed by atoms with E-state index in [0.717, 1.165) is 17.7 Å². The van der Waals surface area contributed by atoms with Crippen molar-refractivity contribution in [3.05, 3.63) is 29.8 Å². The first-order chi connectivity index (χ1) is 8.10. The van der Waals surface area contributed by atoms with Crippen molar-refractivity contribution < 1.29 is 9.53 Å². The Morgan fingerprint density at radius 2 is 2.12 bits per heavy atom. The molecule has 0 aliphatic carbocycles. The third-order valence-corrected chi connectivity index (χ3v) is 2.65. The van der Waals surface area contributed by atoms with Crippen LogP contribution in [-0.2, 0) is 4.79 Å². The number of hydrogen-bond acceptors (Lipinski definition) is 3. The van der Waals surface area contributed by atoms with E-state index in [0.29, 0.717) is 0 Å². The van der Waals surface area contributed by atoms with Gasteiger partial charge in [0.1, 0.15) is 5.75 Å². The molecule has 94 valence electrons. The van der Waals surface area contributed by atoms with Gasteiger partial charge in [0.15, 0.2) is 0 Å². The fraction of sp³-hybridized carbons (Fsp3) is 0.462. The summed E-state index contributed by atoms with van der Waals surface area (Å²) in [4.78, 5) is 11.6. The number of hydrogen-bond donors (Lipinski definition) is 2. The van der Waals surface area contributed by atoms with Crippen LogP contribution in [0.3, 0.4) is 0 Å². The summed E-state index contributed by atoms with van der Waals surface area (Å²) < 4.78 is 5.29. The van der Waals surface area contributed by atoms with Crippen molar-refractivity contribution in [3.8, 4) is 5.75 Å². The average Bonchev–Trinajstić information content (AvgIpc) is 2.35. The Balaban J connectivity index is 2.89. The molecule has 4 nitrogen and oxygen atoms in total. The Bertz CT molecular complexity index is 377. The molecule has 0 aromatic heterocycles. The molecule has 0 aliphatic rings. The number of nitrogens with one attached hydrogen (secondary N) is 1. The zero-order valence-corrected chi connectivity index (χ0v) is 10.6.